The highest BCUT2D eigenvalue weighted by Gasteiger charge is 2.17. The molecular formula is C27H28N4O3. The van der Waals surface area contributed by atoms with Gasteiger partial charge in [-0.1, -0.05) is 48.5 Å². The summed E-state index contributed by atoms with van der Waals surface area (Å²) >= 11 is 0. The van der Waals surface area contributed by atoms with Crippen LogP contribution in [0.3, 0.4) is 0 Å². The number of amides is 1. The summed E-state index contributed by atoms with van der Waals surface area (Å²) in [6, 6.07) is 25.0. The van der Waals surface area contributed by atoms with Crippen LogP contribution in [0.15, 0.2) is 84.0 Å². The number of hydrazone groups is 1. The summed E-state index contributed by atoms with van der Waals surface area (Å²) in [5, 5.41) is 4.00. The van der Waals surface area contributed by atoms with Gasteiger partial charge in [0.2, 0.25) is 0 Å². The minimum absolute atomic E-state index is 0.310. The lowest BCUT2D eigenvalue weighted by Gasteiger charge is -2.36. The van der Waals surface area contributed by atoms with Gasteiger partial charge in [-0.2, -0.15) is 5.10 Å². The minimum atomic E-state index is -0.453. The van der Waals surface area contributed by atoms with Gasteiger partial charge in [0, 0.05) is 49.5 Å². The van der Waals surface area contributed by atoms with Crippen LogP contribution in [0.1, 0.15) is 31.8 Å². The summed E-state index contributed by atoms with van der Waals surface area (Å²) in [5.74, 6) is -0.764. The van der Waals surface area contributed by atoms with Crippen LogP contribution in [0.5, 0.6) is 0 Å². The largest absolute Gasteiger partial charge is 0.465 e. The molecule has 0 unspecified atom stereocenters. The van der Waals surface area contributed by atoms with Gasteiger partial charge in [0.1, 0.15) is 0 Å². The number of carbonyl (C=O) groups is 2. The maximum Gasteiger partial charge on any atom is 0.338 e. The molecule has 1 amide bonds. The molecule has 4 rings (SSSR count). The van der Waals surface area contributed by atoms with E-state index in [9.17, 15) is 9.59 Å². The molecule has 3 aromatic carbocycles. The van der Waals surface area contributed by atoms with Crippen LogP contribution in [0.2, 0.25) is 0 Å². The van der Waals surface area contributed by atoms with E-state index in [0.29, 0.717) is 16.7 Å². The molecule has 34 heavy (non-hydrogen) atoms. The van der Waals surface area contributed by atoms with Crippen LogP contribution < -0.4 is 10.3 Å². The second-order valence-electron chi connectivity index (χ2n) is 8.07. The maximum atomic E-state index is 12.4. The lowest BCUT2D eigenvalue weighted by atomic mass is 10.1. The molecule has 174 valence electrons. The highest BCUT2D eigenvalue weighted by molar-refractivity contribution is 6.00. The molecule has 0 bridgehead atoms. The number of para-hydroxylation sites is 1. The van der Waals surface area contributed by atoms with Gasteiger partial charge in [0.25, 0.3) is 5.91 Å². The Kier molecular flexibility index (Phi) is 7.67. The number of hydrogen-bond donors (Lipinski definition) is 1. The zero-order valence-electron chi connectivity index (χ0n) is 19.2. The highest BCUT2D eigenvalue weighted by Crippen LogP contribution is 2.17. The Morgan fingerprint density at radius 3 is 2.29 bits per heavy atom. The zero-order valence-corrected chi connectivity index (χ0v) is 19.2. The first-order valence-corrected chi connectivity index (χ1v) is 11.3. The number of benzene rings is 3. The number of nitrogens with zero attached hydrogens (tertiary/aromatic N) is 3. The van der Waals surface area contributed by atoms with Crippen molar-refractivity contribution in [1.29, 1.82) is 0 Å². The molecule has 0 aromatic heterocycles. The Balaban J connectivity index is 1.28. The molecule has 1 N–H and O–H groups in total. The molecule has 0 atom stereocenters. The molecular weight excluding hydrogens is 428 g/mol. The molecule has 0 radical (unpaired) electrons. The van der Waals surface area contributed by atoms with Crippen molar-refractivity contribution in [2.45, 2.75) is 6.54 Å². The molecule has 0 spiro atoms. The van der Waals surface area contributed by atoms with Crippen LogP contribution in [-0.4, -0.2) is 56.3 Å². The number of esters is 1. The minimum Gasteiger partial charge on any atom is -0.465 e. The molecule has 1 fully saturated rings. The third-order valence-corrected chi connectivity index (χ3v) is 5.85. The summed E-state index contributed by atoms with van der Waals surface area (Å²) in [4.78, 5) is 29.1. The lowest BCUT2D eigenvalue weighted by Crippen LogP contribution is -2.45. The summed E-state index contributed by atoms with van der Waals surface area (Å²) in [7, 11) is 1.33. The SMILES string of the molecule is COC(=O)c1ccccc1/C=N\NC(=O)c1ccc(CN2CCN(c3ccccc3)CC2)cc1. The van der Waals surface area contributed by atoms with Gasteiger partial charge in [-0.25, -0.2) is 10.2 Å². The molecule has 1 saturated heterocycles. The van der Waals surface area contributed by atoms with Crippen LogP contribution in [0.4, 0.5) is 5.69 Å². The topological polar surface area (TPSA) is 74.2 Å². The van der Waals surface area contributed by atoms with E-state index in [4.69, 9.17) is 4.74 Å². The summed E-state index contributed by atoms with van der Waals surface area (Å²) in [6.07, 6.45) is 1.44. The fourth-order valence-corrected chi connectivity index (χ4v) is 3.95. The summed E-state index contributed by atoms with van der Waals surface area (Å²) in [5.41, 5.74) is 6.43. The van der Waals surface area contributed by atoms with Crippen molar-refractivity contribution in [3.63, 3.8) is 0 Å². The van der Waals surface area contributed by atoms with Crippen LogP contribution in [-0.2, 0) is 11.3 Å². The van der Waals surface area contributed by atoms with Gasteiger partial charge in [-0.05, 0) is 35.9 Å². The lowest BCUT2D eigenvalue weighted by molar-refractivity contribution is 0.0600. The van der Waals surface area contributed by atoms with Gasteiger partial charge < -0.3 is 9.64 Å². The fourth-order valence-electron chi connectivity index (χ4n) is 3.95. The summed E-state index contributed by atoms with van der Waals surface area (Å²) in [6.45, 7) is 4.86. The van der Waals surface area contributed by atoms with E-state index >= 15 is 0 Å². The maximum absolute atomic E-state index is 12.4. The van der Waals surface area contributed by atoms with Crippen LogP contribution in [0.25, 0.3) is 0 Å². The van der Waals surface area contributed by atoms with Gasteiger partial charge in [0.15, 0.2) is 0 Å². The van der Waals surface area contributed by atoms with Crippen LogP contribution in [0, 0.1) is 0 Å². The predicted octanol–water partition coefficient (Wildman–Crippen LogP) is 3.56. The van der Waals surface area contributed by atoms with Crippen molar-refractivity contribution < 1.29 is 14.3 Å². The Hall–Kier alpha value is -3.97. The van der Waals surface area contributed by atoms with E-state index in [2.05, 4.69) is 44.6 Å². The van der Waals surface area contributed by atoms with E-state index < -0.39 is 5.97 Å². The molecule has 7 nitrogen and oxygen atoms in total. The Bertz CT molecular complexity index is 1140. The number of methoxy groups -OCH3 is 1. The van der Waals surface area contributed by atoms with Gasteiger partial charge in [0.05, 0.1) is 18.9 Å². The van der Waals surface area contributed by atoms with E-state index in [1.807, 2.05) is 30.3 Å². The van der Waals surface area contributed by atoms with Crippen molar-refractivity contribution >= 4 is 23.8 Å². The van der Waals surface area contributed by atoms with Crippen molar-refractivity contribution in [2.24, 2.45) is 5.10 Å². The molecule has 7 heteroatoms. The van der Waals surface area contributed by atoms with Crippen molar-refractivity contribution in [3.05, 3.63) is 101 Å². The van der Waals surface area contributed by atoms with Crippen molar-refractivity contribution in [2.75, 3.05) is 38.2 Å². The first kappa shape index (κ1) is 23.2. The number of hydrogen-bond acceptors (Lipinski definition) is 6. The molecule has 1 aliphatic heterocycles. The molecule has 1 heterocycles. The summed E-state index contributed by atoms with van der Waals surface area (Å²) < 4.78 is 4.77. The normalized spacial score (nSPS) is 14.2. The van der Waals surface area contributed by atoms with Crippen LogP contribution >= 0.6 is 0 Å². The smallest absolute Gasteiger partial charge is 0.338 e. The molecule has 1 aliphatic rings. The molecule has 3 aromatic rings. The highest BCUT2D eigenvalue weighted by atomic mass is 16.5. The first-order valence-electron chi connectivity index (χ1n) is 11.3. The number of rotatable bonds is 7. The number of carbonyl (C=O) groups excluding carboxylic acids is 2. The van der Waals surface area contributed by atoms with Crippen molar-refractivity contribution in [3.8, 4) is 0 Å². The average Bonchev–Trinajstić information content (AvgIpc) is 2.90. The Labute approximate surface area is 199 Å². The zero-order chi connectivity index (χ0) is 23.8. The van der Waals surface area contributed by atoms with Gasteiger partial charge >= 0.3 is 5.97 Å². The second-order valence-corrected chi connectivity index (χ2v) is 8.07. The Morgan fingerprint density at radius 2 is 1.59 bits per heavy atom. The van der Waals surface area contributed by atoms with E-state index in [-0.39, 0.29) is 5.91 Å². The van der Waals surface area contributed by atoms with E-state index in [1.54, 1.807) is 24.3 Å². The van der Waals surface area contributed by atoms with Gasteiger partial charge in [-0.15, -0.1) is 0 Å². The average molecular weight is 457 g/mol. The molecule has 0 aliphatic carbocycles. The standard InChI is InChI=1S/C27H28N4O3/c1-34-27(33)25-10-6-5-7-23(25)19-28-29-26(32)22-13-11-21(12-14-22)20-30-15-17-31(18-16-30)24-8-3-2-4-9-24/h2-14,19H,15-18,20H2,1H3,(H,29,32)/b28-19-. The first-order chi connectivity index (χ1) is 16.6. The molecule has 0 saturated carbocycles. The fraction of sp³-hybridized carbons (Fsp3) is 0.222. The van der Waals surface area contributed by atoms with Gasteiger partial charge in [-0.3, -0.25) is 9.69 Å². The number of piperazine rings is 1. The van der Waals surface area contributed by atoms with E-state index in [1.165, 1.54) is 24.6 Å². The monoisotopic (exact) mass is 456 g/mol. The Morgan fingerprint density at radius 1 is 0.912 bits per heavy atom. The number of anilines is 1. The third kappa shape index (κ3) is 5.88. The quantitative estimate of drug-likeness (QED) is 0.334. The number of ether oxygens (including phenoxy) is 1. The van der Waals surface area contributed by atoms with E-state index in [0.717, 1.165) is 32.7 Å². The van der Waals surface area contributed by atoms with Crippen molar-refractivity contribution in [1.82, 2.24) is 10.3 Å². The second kappa shape index (κ2) is 11.2. The number of nitrogens with one attached hydrogen (secondary N) is 1. The predicted molar refractivity (Wildman–Crippen MR) is 133 cm³/mol. The third-order valence-electron chi connectivity index (χ3n) is 5.85.